The molecule has 1 heterocycles. The molecule has 0 spiro atoms. The van der Waals surface area contributed by atoms with Gasteiger partial charge >= 0.3 is 0 Å². The van der Waals surface area contributed by atoms with E-state index in [1.165, 1.54) is 17.7 Å². The lowest BCUT2D eigenvalue weighted by Crippen LogP contribution is -2.36. The van der Waals surface area contributed by atoms with Gasteiger partial charge in [-0.1, -0.05) is 48.4 Å². The number of rotatable bonds is 6. The smallest absolute Gasteiger partial charge is 0.255 e. The second kappa shape index (κ2) is 11.2. The maximum Gasteiger partial charge on any atom is 0.255 e. The SMILES string of the molecule is CNC(=O)c1c(-c2ccc(F)cc2)oc2ccc(-c3cccc(C(=O)N[C@H]4CCC[C@H]4c4ccc(Cl)cc4)c3)cc12. The number of amides is 2. The lowest BCUT2D eigenvalue weighted by Gasteiger charge is -2.22. The highest BCUT2D eigenvalue weighted by Crippen LogP contribution is 2.37. The Kier molecular flexibility index (Phi) is 7.33. The van der Waals surface area contributed by atoms with Gasteiger partial charge in [0.2, 0.25) is 0 Å². The number of fused-ring (bicyclic) bond motifs is 1. The van der Waals surface area contributed by atoms with Crippen molar-refractivity contribution in [2.24, 2.45) is 0 Å². The molecule has 1 aliphatic carbocycles. The summed E-state index contributed by atoms with van der Waals surface area (Å²) >= 11 is 6.08. The van der Waals surface area contributed by atoms with Crippen LogP contribution in [0.15, 0.2) is 95.4 Å². The quantitative estimate of drug-likeness (QED) is 0.219. The zero-order chi connectivity index (χ0) is 28.5. The minimum atomic E-state index is -0.369. The Bertz CT molecular complexity index is 1740. The van der Waals surface area contributed by atoms with Gasteiger partial charge in [0.25, 0.3) is 11.8 Å². The van der Waals surface area contributed by atoms with E-state index < -0.39 is 0 Å². The van der Waals surface area contributed by atoms with Crippen LogP contribution < -0.4 is 10.6 Å². The maximum absolute atomic E-state index is 13.5. The van der Waals surface area contributed by atoms with Crippen molar-refractivity contribution in [3.63, 3.8) is 0 Å². The van der Waals surface area contributed by atoms with Crippen LogP contribution in [0.2, 0.25) is 5.02 Å². The van der Waals surface area contributed by atoms with Crippen LogP contribution in [0.5, 0.6) is 0 Å². The van der Waals surface area contributed by atoms with Gasteiger partial charge in [-0.2, -0.15) is 0 Å². The highest BCUT2D eigenvalue weighted by atomic mass is 35.5. The van der Waals surface area contributed by atoms with Crippen LogP contribution in [0.3, 0.4) is 0 Å². The van der Waals surface area contributed by atoms with Gasteiger partial charge in [0.15, 0.2) is 0 Å². The van der Waals surface area contributed by atoms with Gasteiger partial charge in [0, 0.05) is 40.5 Å². The van der Waals surface area contributed by atoms with Crippen LogP contribution >= 0.6 is 11.6 Å². The van der Waals surface area contributed by atoms with Crippen molar-refractivity contribution >= 4 is 34.4 Å². The van der Waals surface area contributed by atoms with Crippen LogP contribution in [0, 0.1) is 5.82 Å². The summed E-state index contributed by atoms with van der Waals surface area (Å²) in [6, 6.07) is 26.8. The third-order valence-corrected chi connectivity index (χ3v) is 8.09. The van der Waals surface area contributed by atoms with Crippen molar-refractivity contribution in [2.75, 3.05) is 7.05 Å². The van der Waals surface area contributed by atoms with E-state index in [0.29, 0.717) is 38.4 Å². The third-order valence-electron chi connectivity index (χ3n) is 7.84. The largest absolute Gasteiger partial charge is 0.455 e. The van der Waals surface area contributed by atoms with E-state index in [-0.39, 0.29) is 29.6 Å². The van der Waals surface area contributed by atoms with E-state index in [1.54, 1.807) is 19.2 Å². The second-order valence-corrected chi connectivity index (χ2v) is 10.8. The number of carbonyl (C=O) groups is 2. The van der Waals surface area contributed by atoms with Crippen molar-refractivity contribution in [1.82, 2.24) is 10.6 Å². The summed E-state index contributed by atoms with van der Waals surface area (Å²) < 4.78 is 19.6. The minimum absolute atomic E-state index is 0.0506. The Balaban J connectivity index is 1.30. The normalized spacial score (nSPS) is 16.6. The summed E-state index contributed by atoms with van der Waals surface area (Å²) in [7, 11) is 1.56. The average molecular weight is 567 g/mol. The van der Waals surface area contributed by atoms with Gasteiger partial charge in [-0.3, -0.25) is 9.59 Å². The van der Waals surface area contributed by atoms with Crippen LogP contribution in [-0.2, 0) is 0 Å². The van der Waals surface area contributed by atoms with Crippen LogP contribution in [0.1, 0.15) is 51.5 Å². The standard InChI is InChI=1S/C34H28ClFN2O3/c1-37-34(40)31-28-19-23(12-17-30(28)41-32(31)21-10-15-26(36)16-11-21)22-4-2-5-24(18-22)33(39)38-29-7-3-6-27(29)20-8-13-25(35)14-9-20/h2,4-5,8-19,27,29H,3,6-7H2,1H3,(H,37,40)(H,38,39)/t27-,29-/m0/s1. The van der Waals surface area contributed by atoms with Crippen LogP contribution in [-0.4, -0.2) is 24.9 Å². The van der Waals surface area contributed by atoms with Crippen molar-refractivity contribution in [2.45, 2.75) is 31.2 Å². The molecular weight excluding hydrogens is 539 g/mol. The van der Waals surface area contributed by atoms with Gasteiger partial charge in [-0.25, -0.2) is 4.39 Å². The van der Waals surface area contributed by atoms with Crippen LogP contribution in [0.4, 0.5) is 4.39 Å². The molecule has 7 heteroatoms. The number of carbonyl (C=O) groups excluding carboxylic acids is 2. The van der Waals surface area contributed by atoms with Crippen molar-refractivity contribution < 1.29 is 18.4 Å². The predicted molar refractivity (Wildman–Crippen MR) is 160 cm³/mol. The van der Waals surface area contributed by atoms with E-state index in [0.717, 1.165) is 30.4 Å². The van der Waals surface area contributed by atoms with E-state index in [9.17, 15) is 14.0 Å². The fourth-order valence-corrected chi connectivity index (χ4v) is 5.89. The number of benzene rings is 4. The van der Waals surface area contributed by atoms with Crippen molar-refractivity contribution in [3.05, 3.63) is 119 Å². The molecule has 2 N–H and O–H groups in total. The van der Waals surface area contributed by atoms with Crippen molar-refractivity contribution in [1.29, 1.82) is 0 Å². The molecule has 1 aromatic heterocycles. The summed E-state index contributed by atoms with van der Waals surface area (Å²) in [5.74, 6) is -0.171. The molecule has 1 aliphatic rings. The highest BCUT2D eigenvalue weighted by molar-refractivity contribution is 6.30. The first-order chi connectivity index (χ1) is 19.9. The fourth-order valence-electron chi connectivity index (χ4n) is 5.77. The van der Waals surface area contributed by atoms with E-state index in [1.807, 2.05) is 66.7 Å². The molecule has 5 aromatic rings. The molecule has 1 saturated carbocycles. The molecule has 0 bridgehead atoms. The van der Waals surface area contributed by atoms with Gasteiger partial charge in [0.1, 0.15) is 17.2 Å². The molecule has 0 unspecified atom stereocenters. The molecule has 0 saturated heterocycles. The number of hydrogen-bond acceptors (Lipinski definition) is 3. The first-order valence-electron chi connectivity index (χ1n) is 13.6. The monoisotopic (exact) mass is 566 g/mol. The number of halogens is 2. The van der Waals surface area contributed by atoms with E-state index >= 15 is 0 Å². The first-order valence-corrected chi connectivity index (χ1v) is 14.0. The van der Waals surface area contributed by atoms with Gasteiger partial charge in [0.05, 0.1) is 5.56 Å². The number of nitrogens with one attached hydrogen (secondary N) is 2. The third kappa shape index (κ3) is 5.35. The Morgan fingerprint density at radius 1 is 0.854 bits per heavy atom. The average Bonchev–Trinajstić information content (AvgIpc) is 3.62. The number of furan rings is 1. The Labute approximate surface area is 242 Å². The fraction of sp³-hybridized carbons (Fsp3) is 0.176. The Morgan fingerprint density at radius 3 is 2.34 bits per heavy atom. The van der Waals surface area contributed by atoms with Gasteiger partial charge in [-0.05, 0) is 90.2 Å². The van der Waals surface area contributed by atoms with Gasteiger partial charge in [-0.15, -0.1) is 0 Å². The van der Waals surface area contributed by atoms with E-state index in [2.05, 4.69) is 10.6 Å². The molecule has 206 valence electrons. The Morgan fingerprint density at radius 2 is 1.59 bits per heavy atom. The molecule has 2 amide bonds. The predicted octanol–water partition coefficient (Wildman–Crippen LogP) is 7.99. The molecule has 6 rings (SSSR count). The molecule has 5 nitrogen and oxygen atoms in total. The van der Waals surface area contributed by atoms with E-state index in [4.69, 9.17) is 16.0 Å². The topological polar surface area (TPSA) is 71.3 Å². The molecule has 0 radical (unpaired) electrons. The van der Waals surface area contributed by atoms with Crippen LogP contribution in [0.25, 0.3) is 33.4 Å². The summed E-state index contributed by atoms with van der Waals surface area (Å²) in [5.41, 5.74) is 4.94. The maximum atomic E-state index is 13.5. The second-order valence-electron chi connectivity index (χ2n) is 10.4. The molecule has 0 aliphatic heterocycles. The van der Waals surface area contributed by atoms with Crippen molar-refractivity contribution in [3.8, 4) is 22.5 Å². The lowest BCUT2D eigenvalue weighted by molar-refractivity contribution is 0.0932. The molecule has 4 aromatic carbocycles. The zero-order valence-corrected chi connectivity index (χ0v) is 23.2. The summed E-state index contributed by atoms with van der Waals surface area (Å²) in [6.07, 6.45) is 3.00. The highest BCUT2D eigenvalue weighted by Gasteiger charge is 2.30. The number of hydrogen-bond donors (Lipinski definition) is 2. The minimum Gasteiger partial charge on any atom is -0.455 e. The summed E-state index contributed by atoms with van der Waals surface area (Å²) in [4.78, 5) is 26.3. The Hall–Kier alpha value is -4.42. The summed E-state index contributed by atoms with van der Waals surface area (Å²) in [5, 5.41) is 7.27. The molecule has 41 heavy (non-hydrogen) atoms. The molecule has 1 fully saturated rings. The first kappa shape index (κ1) is 26.8. The summed E-state index contributed by atoms with van der Waals surface area (Å²) in [6.45, 7) is 0. The lowest BCUT2D eigenvalue weighted by atomic mass is 9.93. The molecule has 2 atom stereocenters. The zero-order valence-electron chi connectivity index (χ0n) is 22.4. The van der Waals surface area contributed by atoms with Gasteiger partial charge < -0.3 is 15.1 Å². The molecular formula is C34H28ClFN2O3.